The molecule has 4 fully saturated rings. The summed E-state index contributed by atoms with van der Waals surface area (Å²) in [7, 11) is 0. The van der Waals surface area contributed by atoms with Gasteiger partial charge in [-0.3, -0.25) is 14.4 Å². The fourth-order valence-electron chi connectivity index (χ4n) is 9.21. The number of carboxylic acids is 1. The fourth-order valence-corrected chi connectivity index (χ4v) is 9.70. The van der Waals surface area contributed by atoms with Crippen molar-refractivity contribution >= 4 is 159 Å². The van der Waals surface area contributed by atoms with Crippen molar-refractivity contribution < 1.29 is 43.3 Å². The van der Waals surface area contributed by atoms with E-state index in [1.165, 1.54) is 49.2 Å². The summed E-state index contributed by atoms with van der Waals surface area (Å²) in [6, 6.07) is 12.9. The van der Waals surface area contributed by atoms with Crippen LogP contribution in [-0.2, 0) is 38.3 Å². The molecule has 0 spiro atoms. The highest BCUT2D eigenvalue weighted by molar-refractivity contribution is 7.59. The summed E-state index contributed by atoms with van der Waals surface area (Å²) < 4.78 is 10.6. The van der Waals surface area contributed by atoms with Gasteiger partial charge in [-0.25, -0.2) is 54.3 Å². The molecule has 33 heteroatoms. The first kappa shape index (κ1) is 89.4. The molecule has 4 atom stereocenters. The van der Waals surface area contributed by atoms with Crippen LogP contribution in [0.4, 0.5) is 21.0 Å². The van der Waals surface area contributed by atoms with Crippen molar-refractivity contribution in [1.29, 1.82) is 0 Å². The molecule has 536 valence electrons. The number of ether oxygens (including phenoxy) is 2. The van der Waals surface area contributed by atoms with Gasteiger partial charge < -0.3 is 51.0 Å². The Kier molecular flexibility index (Phi) is 41.3. The lowest BCUT2D eigenvalue weighted by Crippen LogP contribution is -2.36. The highest BCUT2D eigenvalue weighted by Crippen LogP contribution is 2.25. The Morgan fingerprint density at radius 2 is 0.878 bits per heavy atom. The number of rotatable bonds is 12. The SMILES string of the molecule is C=CC(=O)Nc1ccc(C(=O)N2CC[C@H](Cc3ncc(Cl)cn3)C2)cc1.C=CC(=O)Nc1ccc(C(=O)O)cc1.CC(C)(C)OC(=O)N1CC[C@H](Cc2ncc(Cl)cn2)C1.CC(C)(C)OC(=O)N1CC[C@H](N)C1.Clc1cnc(C[C@H]2CCNC2)nc1.Clc1cnc(Cl)nc1.S.S.S.S. The minimum absolute atomic E-state index is 0. The number of carboxylic acid groups (broad SMARTS) is 1. The molecule has 4 aliphatic rings. The molecule has 4 aromatic heterocycles. The molecule has 0 saturated carbocycles. The average Bonchev–Trinajstić information content (AvgIpc) is 1.75. The van der Waals surface area contributed by atoms with E-state index in [4.69, 9.17) is 78.3 Å². The van der Waals surface area contributed by atoms with Crippen LogP contribution in [0.5, 0.6) is 0 Å². The highest BCUT2D eigenvalue weighted by Gasteiger charge is 2.32. The number of hydrogen-bond acceptors (Lipinski definition) is 18. The normalized spacial score (nSPS) is 16.3. The van der Waals surface area contributed by atoms with Crippen LogP contribution >= 0.6 is 112 Å². The van der Waals surface area contributed by atoms with E-state index in [9.17, 15) is 28.8 Å². The van der Waals surface area contributed by atoms with Crippen LogP contribution in [0, 0.1) is 17.8 Å². The smallest absolute Gasteiger partial charge is 0.410 e. The van der Waals surface area contributed by atoms with Crippen molar-refractivity contribution in [2.75, 3.05) is 63.0 Å². The van der Waals surface area contributed by atoms with E-state index in [1.54, 1.807) is 71.2 Å². The molecular weight excluding hydrogens is 1440 g/mol. The standard InChI is InChI=1S/C19H19ClN4O2.C14H20ClN3O2.C10H9NO3.C9H12ClN3.C9H18N2O2.C4H2Cl2N2.4H2S/c1-2-18(25)23-16-5-3-14(4-6-16)19(26)24-8-7-13(12-24)9-17-21-10-15(20)11-22-17;1-14(2,3)20-13(19)18-5-4-10(9-18)6-12-16-7-11(15)8-17-12;1-2-9(12)11-8-5-3-7(4-6-8)10(13)14;10-8-5-12-9(13-6-8)3-7-1-2-11-4-7;1-9(2,3)13-8(12)11-5-4-7(10)6-11;5-3-1-7-4(6)8-2-3;;;;/h2-6,10-11,13H,1,7-9,12H2,(H,23,25);7-8,10H,4-6,9H2,1-3H3;2-6H,1H2,(H,11,12)(H,13,14);5-7,11H,1-4H2;7H,4-6,10H2,1-3H3;1-2H;4*1H2/t13-;10-;;2*7-;;;;;/m11.10...../s1. The molecule has 8 heterocycles. The largest absolute Gasteiger partial charge is 0.478 e. The van der Waals surface area contributed by atoms with Crippen LogP contribution in [0.3, 0.4) is 0 Å². The molecular formula is C65H88Cl5N15O9S4. The molecule has 4 aliphatic heterocycles. The number of likely N-dealkylation sites (tertiary alicyclic amines) is 3. The highest BCUT2D eigenvalue weighted by atomic mass is 35.5. The maximum absolute atomic E-state index is 12.7. The first-order chi connectivity index (χ1) is 44.5. The van der Waals surface area contributed by atoms with Crippen molar-refractivity contribution in [2.45, 2.75) is 104 Å². The van der Waals surface area contributed by atoms with Gasteiger partial charge in [0.25, 0.3) is 5.91 Å². The molecule has 6 N–H and O–H groups in total. The molecule has 0 aliphatic carbocycles. The number of nitrogens with two attached hydrogens (primary N) is 1. The minimum atomic E-state index is -0.994. The molecule has 24 nitrogen and oxygen atoms in total. The van der Waals surface area contributed by atoms with E-state index >= 15 is 0 Å². The number of carbonyl (C=O) groups excluding carboxylic acids is 5. The van der Waals surface area contributed by atoms with Gasteiger partial charge in [0.15, 0.2) is 0 Å². The third-order valence-corrected chi connectivity index (χ3v) is 14.7. The van der Waals surface area contributed by atoms with Crippen molar-refractivity contribution in [3.05, 3.63) is 177 Å². The maximum atomic E-state index is 12.7. The number of anilines is 2. The third-order valence-electron chi connectivity index (χ3n) is 13.7. The van der Waals surface area contributed by atoms with Crippen molar-refractivity contribution in [3.63, 3.8) is 0 Å². The van der Waals surface area contributed by atoms with Crippen molar-refractivity contribution in [3.8, 4) is 0 Å². The Hall–Kier alpha value is -6.57. The number of nitrogens with one attached hydrogen (secondary N) is 3. The van der Waals surface area contributed by atoms with Crippen LogP contribution in [0.15, 0.2) is 123 Å². The molecule has 4 saturated heterocycles. The molecule has 0 unspecified atom stereocenters. The summed E-state index contributed by atoms with van der Waals surface area (Å²) in [4.78, 5) is 106. The minimum Gasteiger partial charge on any atom is -0.478 e. The summed E-state index contributed by atoms with van der Waals surface area (Å²) in [5.41, 5.74) is 6.77. The zero-order valence-corrected chi connectivity index (χ0v) is 63.1. The lowest BCUT2D eigenvalue weighted by atomic mass is 10.0. The van der Waals surface area contributed by atoms with Gasteiger partial charge in [0.1, 0.15) is 28.7 Å². The van der Waals surface area contributed by atoms with Gasteiger partial charge >= 0.3 is 18.2 Å². The van der Waals surface area contributed by atoms with Gasteiger partial charge in [0.2, 0.25) is 17.1 Å². The third kappa shape index (κ3) is 35.0. The van der Waals surface area contributed by atoms with E-state index in [-0.39, 0.29) is 101 Å². The van der Waals surface area contributed by atoms with Crippen molar-refractivity contribution in [2.24, 2.45) is 23.5 Å². The lowest BCUT2D eigenvalue weighted by molar-refractivity contribution is -0.112. The molecule has 5 amide bonds. The lowest BCUT2D eigenvalue weighted by Gasteiger charge is -2.24. The Balaban J connectivity index is 0.000000603. The van der Waals surface area contributed by atoms with E-state index in [2.05, 4.69) is 69.0 Å². The number of hydrogen-bond donors (Lipinski definition) is 5. The van der Waals surface area contributed by atoms with Crippen LogP contribution < -0.4 is 21.7 Å². The van der Waals surface area contributed by atoms with Crippen LogP contribution in [0.25, 0.3) is 0 Å². The second kappa shape index (κ2) is 45.2. The van der Waals surface area contributed by atoms with E-state index in [1.807, 2.05) is 46.4 Å². The molecule has 2 aromatic carbocycles. The Labute approximate surface area is 625 Å². The maximum Gasteiger partial charge on any atom is 0.410 e. The van der Waals surface area contributed by atoms with Crippen LogP contribution in [0.2, 0.25) is 25.4 Å². The van der Waals surface area contributed by atoms with Gasteiger partial charge in [0.05, 0.1) is 38.0 Å². The van der Waals surface area contributed by atoms with Crippen LogP contribution in [-0.4, -0.2) is 165 Å². The molecule has 98 heavy (non-hydrogen) atoms. The monoisotopic (exact) mass is 1530 g/mol. The Morgan fingerprint density at radius 3 is 1.21 bits per heavy atom. The number of nitrogens with zero attached hydrogens (tertiary/aromatic N) is 11. The Morgan fingerprint density at radius 1 is 0.531 bits per heavy atom. The predicted octanol–water partition coefficient (Wildman–Crippen LogP) is 11.9. The average molecular weight is 1530 g/mol. The predicted molar refractivity (Wildman–Crippen MR) is 405 cm³/mol. The quantitative estimate of drug-likeness (QED) is 0.0561. The first-order valence-corrected chi connectivity index (χ1v) is 32.0. The van der Waals surface area contributed by atoms with Gasteiger partial charge in [-0.2, -0.15) is 54.0 Å². The summed E-state index contributed by atoms with van der Waals surface area (Å²) >= 11 is 28.0. The second-order valence-electron chi connectivity index (χ2n) is 23.9. The van der Waals surface area contributed by atoms with Gasteiger partial charge in [0, 0.05) is 119 Å². The summed E-state index contributed by atoms with van der Waals surface area (Å²) in [6.45, 7) is 24.3. The number of amides is 5. The summed E-state index contributed by atoms with van der Waals surface area (Å²) in [6.07, 6.45) is 20.9. The number of benzene rings is 2. The first-order valence-electron chi connectivity index (χ1n) is 30.1. The zero-order chi connectivity index (χ0) is 69.0. The van der Waals surface area contributed by atoms with E-state index in [0.717, 1.165) is 88.3 Å². The molecule has 0 radical (unpaired) electrons. The number of halogens is 5. The topological polar surface area (TPSA) is 316 Å². The molecule has 6 aromatic rings. The molecule has 0 bridgehead atoms. The fraction of sp³-hybridized carbons (Fsp3) is 0.415. The molecule has 10 rings (SSSR count). The van der Waals surface area contributed by atoms with Gasteiger partial charge in [-0.15, -0.1) is 0 Å². The number of aromatic nitrogens is 8. The second-order valence-corrected chi connectivity index (χ2v) is 26.0. The van der Waals surface area contributed by atoms with E-state index in [0.29, 0.717) is 81.0 Å². The Bertz CT molecular complexity index is 3400. The number of aromatic carboxylic acids is 1. The summed E-state index contributed by atoms with van der Waals surface area (Å²) in [5.74, 6) is 2.22. The van der Waals surface area contributed by atoms with E-state index < -0.39 is 17.2 Å². The summed E-state index contributed by atoms with van der Waals surface area (Å²) in [5, 5.41) is 19.5. The van der Waals surface area contributed by atoms with Crippen molar-refractivity contribution in [1.82, 2.24) is 59.9 Å². The van der Waals surface area contributed by atoms with Gasteiger partial charge in [-0.1, -0.05) is 59.6 Å². The van der Waals surface area contributed by atoms with Crippen LogP contribution in [0.1, 0.15) is 105 Å². The number of carbonyl (C=O) groups is 6. The van der Waals surface area contributed by atoms with Gasteiger partial charge in [-0.05, 0) is 170 Å². The zero-order valence-electron chi connectivity index (χ0n) is 55.3.